The van der Waals surface area contributed by atoms with Crippen molar-refractivity contribution in [2.45, 2.75) is 32.2 Å². The van der Waals surface area contributed by atoms with Crippen molar-refractivity contribution in [1.29, 1.82) is 0 Å². The number of nitrogens with zero attached hydrogens (tertiary/aromatic N) is 4. The molecule has 1 aromatic heterocycles. The zero-order chi connectivity index (χ0) is 23.0. The number of nitrogens with one attached hydrogen (secondary N) is 1. The fraction of sp³-hybridized carbons (Fsp3) is 0.450. The monoisotopic (exact) mass is 533 g/mol. The number of hydrogen-bond acceptors (Lipinski definition) is 5. The minimum Gasteiger partial charge on any atom is -0.378 e. The summed E-state index contributed by atoms with van der Waals surface area (Å²) in [5.41, 5.74) is 0.999. The van der Waals surface area contributed by atoms with Gasteiger partial charge in [0.2, 0.25) is 5.28 Å². The molecule has 0 aliphatic carbocycles. The van der Waals surface area contributed by atoms with Crippen LogP contribution in [0.1, 0.15) is 35.3 Å². The van der Waals surface area contributed by atoms with E-state index in [-0.39, 0.29) is 24.4 Å². The predicted octanol–water partition coefficient (Wildman–Crippen LogP) is 4.85. The molecule has 4 rings (SSSR count). The standard InChI is InChI=1S/C20H20BrClF3N5O2/c1-11(12-6-13(20(23,24)25)8-14(21)7-12)26-17-15-9-30(10-16(15)27-18(22)28-17)19(31)29-2-4-32-5-3-29/h6-8,11H,2-5,9-10H2,1H3,(H,26,27,28). The fourth-order valence-electron chi connectivity index (χ4n) is 3.75. The van der Waals surface area contributed by atoms with Gasteiger partial charge in [-0.05, 0) is 42.3 Å². The van der Waals surface area contributed by atoms with Crippen LogP contribution in [0.5, 0.6) is 0 Å². The molecule has 1 unspecified atom stereocenters. The number of amides is 2. The third kappa shape index (κ3) is 4.94. The predicted molar refractivity (Wildman–Crippen MR) is 115 cm³/mol. The quantitative estimate of drug-likeness (QED) is 0.570. The van der Waals surface area contributed by atoms with E-state index in [1.165, 1.54) is 0 Å². The number of halogens is 5. The summed E-state index contributed by atoms with van der Waals surface area (Å²) in [6.45, 7) is 4.32. The van der Waals surface area contributed by atoms with Gasteiger partial charge in [-0.3, -0.25) is 0 Å². The van der Waals surface area contributed by atoms with Crippen molar-refractivity contribution in [2.75, 3.05) is 31.6 Å². The molecule has 1 saturated heterocycles. The average Bonchev–Trinajstić information content (AvgIpc) is 3.17. The minimum atomic E-state index is -4.46. The number of ether oxygens (including phenoxy) is 1. The van der Waals surface area contributed by atoms with E-state index in [1.807, 2.05) is 0 Å². The van der Waals surface area contributed by atoms with Crippen molar-refractivity contribution < 1.29 is 22.7 Å². The third-order valence-corrected chi connectivity index (χ3v) is 6.03. The second-order valence-electron chi connectivity index (χ2n) is 7.64. The van der Waals surface area contributed by atoms with Crippen LogP contribution in [0.2, 0.25) is 5.28 Å². The van der Waals surface area contributed by atoms with E-state index < -0.39 is 17.8 Å². The van der Waals surface area contributed by atoms with E-state index in [4.69, 9.17) is 16.3 Å². The first-order chi connectivity index (χ1) is 15.1. The molecule has 2 aliphatic rings. The van der Waals surface area contributed by atoms with Crippen LogP contribution < -0.4 is 5.32 Å². The van der Waals surface area contributed by atoms with Crippen LogP contribution in [0.25, 0.3) is 0 Å². The summed E-state index contributed by atoms with van der Waals surface area (Å²) >= 11 is 9.25. The molecule has 3 heterocycles. The Bertz CT molecular complexity index is 1030. The molecule has 172 valence electrons. The molecule has 0 saturated carbocycles. The lowest BCUT2D eigenvalue weighted by atomic mass is 10.0. The van der Waals surface area contributed by atoms with Crippen LogP contribution in [0.4, 0.5) is 23.8 Å². The topological polar surface area (TPSA) is 70.6 Å². The van der Waals surface area contributed by atoms with Crippen LogP contribution in [0.15, 0.2) is 22.7 Å². The summed E-state index contributed by atoms with van der Waals surface area (Å²) in [6, 6.07) is 3.12. The molecule has 32 heavy (non-hydrogen) atoms. The van der Waals surface area contributed by atoms with Gasteiger partial charge in [-0.2, -0.15) is 13.2 Å². The normalized spacial score (nSPS) is 17.3. The van der Waals surface area contributed by atoms with Crippen molar-refractivity contribution in [1.82, 2.24) is 19.8 Å². The molecule has 2 aliphatic heterocycles. The number of benzene rings is 1. The second-order valence-corrected chi connectivity index (χ2v) is 8.90. The fourth-order valence-corrected chi connectivity index (χ4v) is 4.45. The Labute approximate surface area is 196 Å². The Morgan fingerprint density at radius 2 is 1.91 bits per heavy atom. The van der Waals surface area contributed by atoms with Gasteiger partial charge in [0.1, 0.15) is 5.82 Å². The number of carbonyl (C=O) groups is 1. The van der Waals surface area contributed by atoms with E-state index >= 15 is 0 Å². The van der Waals surface area contributed by atoms with Gasteiger partial charge < -0.3 is 19.9 Å². The van der Waals surface area contributed by atoms with Gasteiger partial charge in [-0.25, -0.2) is 14.8 Å². The van der Waals surface area contributed by atoms with E-state index in [2.05, 4.69) is 31.2 Å². The molecule has 1 N–H and O–H groups in total. The number of alkyl halides is 3. The number of urea groups is 1. The molecule has 0 bridgehead atoms. The highest BCUT2D eigenvalue weighted by molar-refractivity contribution is 9.10. The average molecular weight is 535 g/mol. The van der Waals surface area contributed by atoms with E-state index in [0.717, 1.165) is 12.1 Å². The van der Waals surface area contributed by atoms with Gasteiger partial charge in [-0.1, -0.05) is 15.9 Å². The SMILES string of the molecule is CC(Nc1nc(Cl)nc2c1CN(C(=O)N1CCOCC1)C2)c1cc(Br)cc(C(F)(F)F)c1. The van der Waals surface area contributed by atoms with E-state index in [0.29, 0.717) is 53.4 Å². The number of carbonyl (C=O) groups excluding carboxylic acids is 1. The maximum Gasteiger partial charge on any atom is 0.416 e. The van der Waals surface area contributed by atoms with Crippen LogP contribution >= 0.6 is 27.5 Å². The number of fused-ring (bicyclic) bond motifs is 1. The van der Waals surface area contributed by atoms with Crippen LogP contribution in [-0.4, -0.2) is 52.1 Å². The summed E-state index contributed by atoms with van der Waals surface area (Å²) < 4.78 is 45.3. The lowest BCUT2D eigenvalue weighted by Crippen LogP contribution is -2.46. The first kappa shape index (κ1) is 23.1. The van der Waals surface area contributed by atoms with Gasteiger partial charge in [0.15, 0.2) is 0 Å². The summed E-state index contributed by atoms with van der Waals surface area (Å²) in [4.78, 5) is 24.7. The van der Waals surface area contributed by atoms with Crippen LogP contribution in [0.3, 0.4) is 0 Å². The Morgan fingerprint density at radius 1 is 1.19 bits per heavy atom. The molecule has 2 amide bonds. The molecule has 2 aromatic rings. The number of anilines is 1. The number of hydrogen-bond donors (Lipinski definition) is 1. The number of aromatic nitrogens is 2. The zero-order valence-electron chi connectivity index (χ0n) is 17.0. The molecule has 1 atom stereocenters. The van der Waals surface area contributed by atoms with Gasteiger partial charge in [-0.15, -0.1) is 0 Å². The molecule has 0 spiro atoms. The first-order valence-corrected chi connectivity index (χ1v) is 11.1. The van der Waals surface area contributed by atoms with Gasteiger partial charge >= 0.3 is 12.2 Å². The van der Waals surface area contributed by atoms with E-state index in [9.17, 15) is 18.0 Å². The smallest absolute Gasteiger partial charge is 0.378 e. The second kappa shape index (κ2) is 9.03. The van der Waals surface area contributed by atoms with Crippen LogP contribution in [0, 0.1) is 0 Å². The highest BCUT2D eigenvalue weighted by Crippen LogP contribution is 2.35. The third-order valence-electron chi connectivity index (χ3n) is 5.41. The Morgan fingerprint density at radius 3 is 2.59 bits per heavy atom. The Kier molecular flexibility index (Phi) is 6.51. The van der Waals surface area contributed by atoms with Crippen molar-refractivity contribution in [2.24, 2.45) is 0 Å². The zero-order valence-corrected chi connectivity index (χ0v) is 19.4. The maximum atomic E-state index is 13.2. The molecule has 7 nitrogen and oxygen atoms in total. The Hall–Kier alpha value is -2.11. The summed E-state index contributed by atoms with van der Waals surface area (Å²) in [7, 11) is 0. The highest BCUT2D eigenvalue weighted by Gasteiger charge is 2.33. The van der Waals surface area contributed by atoms with Gasteiger partial charge in [0.05, 0.1) is 43.6 Å². The Balaban J connectivity index is 1.56. The molecule has 12 heteroatoms. The number of rotatable bonds is 3. The van der Waals surface area contributed by atoms with Crippen molar-refractivity contribution in [3.8, 4) is 0 Å². The van der Waals surface area contributed by atoms with Crippen molar-refractivity contribution in [3.63, 3.8) is 0 Å². The lowest BCUT2D eigenvalue weighted by Gasteiger charge is -2.30. The molecule has 1 fully saturated rings. The molecule has 0 radical (unpaired) electrons. The highest BCUT2D eigenvalue weighted by atomic mass is 79.9. The maximum absolute atomic E-state index is 13.2. The molecular formula is C20H20BrClF3N5O2. The largest absolute Gasteiger partial charge is 0.416 e. The van der Waals surface area contributed by atoms with Crippen molar-refractivity contribution >= 4 is 39.4 Å². The lowest BCUT2D eigenvalue weighted by molar-refractivity contribution is -0.137. The minimum absolute atomic E-state index is 0.00402. The molecule has 1 aromatic carbocycles. The van der Waals surface area contributed by atoms with E-state index in [1.54, 1.807) is 22.8 Å². The van der Waals surface area contributed by atoms with Crippen molar-refractivity contribution in [3.05, 3.63) is 50.3 Å². The number of morpholine rings is 1. The summed E-state index contributed by atoms with van der Waals surface area (Å²) in [5, 5.41) is 3.15. The first-order valence-electron chi connectivity index (χ1n) is 9.93. The summed E-state index contributed by atoms with van der Waals surface area (Å²) in [5.74, 6) is 0.401. The molecular weight excluding hydrogens is 515 g/mol. The van der Waals surface area contributed by atoms with Gasteiger partial charge in [0.25, 0.3) is 0 Å². The van der Waals surface area contributed by atoms with Crippen LogP contribution in [-0.2, 0) is 24.0 Å². The summed E-state index contributed by atoms with van der Waals surface area (Å²) in [6.07, 6.45) is -4.46. The van der Waals surface area contributed by atoms with Gasteiger partial charge in [0, 0.05) is 23.1 Å².